The van der Waals surface area contributed by atoms with Gasteiger partial charge in [0.25, 0.3) is 0 Å². The molecule has 0 saturated heterocycles. The molecule has 71 valence electrons. The van der Waals surface area contributed by atoms with Crippen molar-refractivity contribution in [1.82, 2.24) is 0 Å². The van der Waals surface area contributed by atoms with Crippen LogP contribution in [0.15, 0.2) is 30.3 Å². The molecule has 0 aliphatic carbocycles. The lowest BCUT2D eigenvalue weighted by Gasteiger charge is -2.25. The zero-order chi connectivity index (χ0) is 9.90. The summed E-state index contributed by atoms with van der Waals surface area (Å²) in [5.41, 5.74) is 0.528. The largest absolute Gasteiger partial charge is 0.390 e. The van der Waals surface area contributed by atoms with Crippen molar-refractivity contribution in [3.63, 3.8) is 0 Å². The van der Waals surface area contributed by atoms with Crippen LogP contribution in [0, 0.1) is 12.8 Å². The fraction of sp³-hybridized carbons (Fsp3) is 0.417. The summed E-state index contributed by atoms with van der Waals surface area (Å²) in [6, 6.07) is 10.1. The molecule has 1 aromatic carbocycles. The molecule has 1 atom stereocenters. The second-order valence-corrected chi connectivity index (χ2v) is 4.04. The summed E-state index contributed by atoms with van der Waals surface area (Å²) in [6.45, 7) is 7.55. The first-order valence-corrected chi connectivity index (χ1v) is 4.59. The van der Waals surface area contributed by atoms with Crippen LogP contribution in [0.25, 0.3) is 0 Å². The number of aliphatic hydroxyl groups is 1. The molecule has 0 saturated carbocycles. The van der Waals surface area contributed by atoms with E-state index in [0.29, 0.717) is 0 Å². The molecule has 0 bridgehead atoms. The summed E-state index contributed by atoms with van der Waals surface area (Å²) >= 11 is 0. The van der Waals surface area contributed by atoms with Crippen LogP contribution in [-0.4, -0.2) is 10.7 Å². The van der Waals surface area contributed by atoms with E-state index in [1.807, 2.05) is 18.2 Å². The quantitative estimate of drug-likeness (QED) is 0.752. The lowest BCUT2D eigenvalue weighted by molar-refractivity contribution is 0.0359. The Labute approximate surface area is 80.4 Å². The van der Waals surface area contributed by atoms with Crippen molar-refractivity contribution in [3.8, 4) is 0 Å². The molecule has 0 spiro atoms. The van der Waals surface area contributed by atoms with Crippen molar-refractivity contribution >= 4 is 0 Å². The highest BCUT2D eigenvalue weighted by Crippen LogP contribution is 2.19. The second kappa shape index (κ2) is 3.93. The molecule has 1 rings (SSSR count). The Balaban J connectivity index is 2.61. The molecular formula is C12H17O. The minimum absolute atomic E-state index is 0.0369. The number of rotatable bonds is 3. The predicted octanol–water partition coefficient (Wildman–Crippen LogP) is 2.45. The maximum absolute atomic E-state index is 9.68. The van der Waals surface area contributed by atoms with Crippen LogP contribution in [0.1, 0.15) is 19.4 Å². The van der Waals surface area contributed by atoms with E-state index in [-0.39, 0.29) is 5.92 Å². The van der Waals surface area contributed by atoms with Gasteiger partial charge in [-0.15, -0.1) is 0 Å². The maximum Gasteiger partial charge on any atom is 0.0622 e. The number of hydrogen-bond acceptors (Lipinski definition) is 1. The highest BCUT2D eigenvalue weighted by molar-refractivity contribution is 5.16. The molecule has 0 amide bonds. The first-order valence-electron chi connectivity index (χ1n) is 4.59. The summed E-state index contributed by atoms with van der Waals surface area (Å²) in [5, 5.41) is 9.68. The number of hydrogen-bond donors (Lipinski definition) is 1. The summed E-state index contributed by atoms with van der Waals surface area (Å²) in [5.74, 6) is 0.0369. The molecule has 0 aliphatic heterocycles. The van der Waals surface area contributed by atoms with Gasteiger partial charge in [0.05, 0.1) is 5.60 Å². The average molecular weight is 177 g/mol. The maximum atomic E-state index is 9.68. The van der Waals surface area contributed by atoms with Gasteiger partial charge in [0.2, 0.25) is 0 Å². The normalized spacial score (nSPS) is 14.2. The monoisotopic (exact) mass is 177 g/mol. The topological polar surface area (TPSA) is 20.2 Å². The lowest BCUT2D eigenvalue weighted by Crippen LogP contribution is -2.30. The van der Waals surface area contributed by atoms with Gasteiger partial charge >= 0.3 is 0 Å². The van der Waals surface area contributed by atoms with E-state index >= 15 is 0 Å². The van der Waals surface area contributed by atoms with Gasteiger partial charge in [-0.2, -0.15) is 0 Å². The Morgan fingerprint density at radius 2 is 1.85 bits per heavy atom. The van der Waals surface area contributed by atoms with Gasteiger partial charge in [0.15, 0.2) is 0 Å². The van der Waals surface area contributed by atoms with Crippen LogP contribution in [-0.2, 0) is 6.42 Å². The van der Waals surface area contributed by atoms with E-state index in [9.17, 15) is 5.11 Å². The van der Waals surface area contributed by atoms with E-state index in [0.717, 1.165) is 6.42 Å². The highest BCUT2D eigenvalue weighted by atomic mass is 16.3. The number of benzene rings is 1. The minimum atomic E-state index is -0.699. The van der Waals surface area contributed by atoms with Crippen LogP contribution in [0.5, 0.6) is 0 Å². The smallest absolute Gasteiger partial charge is 0.0622 e. The van der Waals surface area contributed by atoms with Gasteiger partial charge < -0.3 is 5.11 Å². The molecular weight excluding hydrogens is 160 g/mol. The van der Waals surface area contributed by atoms with E-state index < -0.39 is 5.60 Å². The summed E-state index contributed by atoms with van der Waals surface area (Å²) in [4.78, 5) is 0. The molecule has 13 heavy (non-hydrogen) atoms. The predicted molar refractivity (Wildman–Crippen MR) is 55.3 cm³/mol. The van der Waals surface area contributed by atoms with Crippen LogP contribution < -0.4 is 0 Å². The summed E-state index contributed by atoms with van der Waals surface area (Å²) < 4.78 is 0. The minimum Gasteiger partial charge on any atom is -0.390 e. The van der Waals surface area contributed by atoms with Crippen LogP contribution in [0.2, 0.25) is 0 Å². The molecule has 0 heterocycles. The first-order chi connectivity index (χ1) is 6.00. The van der Waals surface area contributed by atoms with Gasteiger partial charge in [0, 0.05) is 0 Å². The van der Waals surface area contributed by atoms with Gasteiger partial charge in [-0.1, -0.05) is 30.3 Å². The van der Waals surface area contributed by atoms with Gasteiger partial charge in [0.1, 0.15) is 0 Å². The first kappa shape index (κ1) is 10.3. The summed E-state index contributed by atoms with van der Waals surface area (Å²) in [7, 11) is 0. The van der Waals surface area contributed by atoms with Crippen molar-refractivity contribution in [2.75, 3.05) is 0 Å². The second-order valence-electron chi connectivity index (χ2n) is 4.04. The van der Waals surface area contributed by atoms with Crippen LogP contribution >= 0.6 is 0 Å². The Bertz CT molecular complexity index is 246. The Morgan fingerprint density at radius 3 is 2.31 bits per heavy atom. The average Bonchev–Trinajstić information content (AvgIpc) is 2.04. The van der Waals surface area contributed by atoms with Crippen molar-refractivity contribution in [2.24, 2.45) is 5.92 Å². The van der Waals surface area contributed by atoms with E-state index in [4.69, 9.17) is 0 Å². The Kier molecular flexibility index (Phi) is 3.10. The zero-order valence-electron chi connectivity index (χ0n) is 8.33. The third-order valence-corrected chi connectivity index (χ3v) is 2.32. The van der Waals surface area contributed by atoms with Crippen molar-refractivity contribution < 1.29 is 5.11 Å². The Hall–Kier alpha value is -0.820. The molecule has 1 heteroatoms. The molecule has 1 N–H and O–H groups in total. The van der Waals surface area contributed by atoms with E-state index in [1.165, 1.54) is 5.56 Å². The molecule has 1 aromatic rings. The van der Waals surface area contributed by atoms with E-state index in [2.05, 4.69) is 19.1 Å². The molecule has 0 aliphatic rings. The summed E-state index contributed by atoms with van der Waals surface area (Å²) in [6.07, 6.45) is 0.824. The third-order valence-electron chi connectivity index (χ3n) is 2.32. The molecule has 0 fully saturated rings. The van der Waals surface area contributed by atoms with Crippen LogP contribution in [0.4, 0.5) is 0 Å². The molecule has 0 aromatic heterocycles. The molecule has 1 nitrogen and oxygen atoms in total. The van der Waals surface area contributed by atoms with Crippen molar-refractivity contribution in [2.45, 2.75) is 25.9 Å². The SMILES string of the molecule is [CH2]C(Cc1ccccc1)C(C)(C)O. The lowest BCUT2D eigenvalue weighted by atomic mass is 9.87. The fourth-order valence-corrected chi connectivity index (χ4v) is 1.15. The zero-order valence-corrected chi connectivity index (χ0v) is 8.33. The van der Waals surface area contributed by atoms with Crippen LogP contribution in [0.3, 0.4) is 0 Å². The molecule has 1 unspecified atom stereocenters. The fourth-order valence-electron chi connectivity index (χ4n) is 1.15. The van der Waals surface area contributed by atoms with Crippen molar-refractivity contribution in [3.05, 3.63) is 42.8 Å². The van der Waals surface area contributed by atoms with Gasteiger partial charge in [-0.25, -0.2) is 0 Å². The van der Waals surface area contributed by atoms with Gasteiger partial charge in [-0.3, -0.25) is 0 Å². The highest BCUT2D eigenvalue weighted by Gasteiger charge is 2.22. The Morgan fingerprint density at radius 1 is 1.31 bits per heavy atom. The molecule has 1 radical (unpaired) electrons. The van der Waals surface area contributed by atoms with Crippen molar-refractivity contribution in [1.29, 1.82) is 0 Å². The van der Waals surface area contributed by atoms with Gasteiger partial charge in [-0.05, 0) is 38.7 Å². The standard InChI is InChI=1S/C12H17O/c1-10(12(2,3)13)9-11-7-5-4-6-8-11/h4-8,10,13H,1,9H2,2-3H3. The van der Waals surface area contributed by atoms with E-state index in [1.54, 1.807) is 13.8 Å². The third kappa shape index (κ3) is 3.19.